The van der Waals surface area contributed by atoms with Crippen molar-refractivity contribution in [1.82, 2.24) is 14.8 Å². The molecule has 0 aliphatic carbocycles. The van der Waals surface area contributed by atoms with Crippen LogP contribution in [0, 0.1) is 5.82 Å². The molecule has 0 fully saturated rings. The first kappa shape index (κ1) is 28.9. The molecular formula is C33H38FN3O3. The van der Waals surface area contributed by atoms with Crippen molar-refractivity contribution in [3.05, 3.63) is 102 Å². The highest BCUT2D eigenvalue weighted by Crippen LogP contribution is 2.22. The number of amides is 2. The fourth-order valence-corrected chi connectivity index (χ4v) is 4.92. The Morgan fingerprint density at radius 2 is 1.60 bits per heavy atom. The molecule has 0 bridgehead atoms. The summed E-state index contributed by atoms with van der Waals surface area (Å²) in [6, 6.07) is 21.9. The van der Waals surface area contributed by atoms with Gasteiger partial charge in [-0.05, 0) is 48.2 Å². The molecule has 6 nitrogen and oxygen atoms in total. The van der Waals surface area contributed by atoms with Gasteiger partial charge in [-0.1, -0.05) is 68.3 Å². The number of aromatic nitrogens is 1. The molecule has 0 saturated heterocycles. The van der Waals surface area contributed by atoms with E-state index in [1.807, 2.05) is 48.7 Å². The Balaban J connectivity index is 1.56. The van der Waals surface area contributed by atoms with Gasteiger partial charge in [0, 0.05) is 48.7 Å². The molecule has 2 amide bonds. The highest BCUT2D eigenvalue weighted by atomic mass is 19.1. The average molecular weight is 544 g/mol. The molecule has 1 aromatic heterocycles. The summed E-state index contributed by atoms with van der Waals surface area (Å²) in [6.45, 7) is 3.13. The number of halogens is 1. The Kier molecular flexibility index (Phi) is 10.3. The van der Waals surface area contributed by atoms with E-state index in [0.29, 0.717) is 31.7 Å². The molecule has 1 N–H and O–H groups in total. The number of H-pyrrole nitrogens is 1. The van der Waals surface area contributed by atoms with Crippen LogP contribution in [-0.2, 0) is 29.1 Å². The van der Waals surface area contributed by atoms with Gasteiger partial charge in [0.05, 0.1) is 7.11 Å². The molecule has 0 spiro atoms. The quantitative estimate of drug-likeness (QED) is 0.185. The number of carbonyl (C=O) groups is 2. The molecule has 40 heavy (non-hydrogen) atoms. The van der Waals surface area contributed by atoms with Crippen LogP contribution in [-0.4, -0.2) is 46.8 Å². The van der Waals surface area contributed by atoms with Crippen molar-refractivity contribution < 1.29 is 18.7 Å². The number of ether oxygens (including phenoxy) is 1. The van der Waals surface area contributed by atoms with E-state index < -0.39 is 0 Å². The van der Waals surface area contributed by atoms with Crippen LogP contribution in [0.15, 0.2) is 79.0 Å². The largest absolute Gasteiger partial charge is 0.496 e. The number of nitrogens with one attached hydrogen (secondary N) is 1. The fourth-order valence-electron chi connectivity index (χ4n) is 4.92. The van der Waals surface area contributed by atoms with Gasteiger partial charge >= 0.3 is 0 Å². The minimum atomic E-state index is -0.332. The maximum atomic E-state index is 13.9. The van der Waals surface area contributed by atoms with Crippen LogP contribution >= 0.6 is 0 Å². The van der Waals surface area contributed by atoms with Crippen LogP contribution in [0.4, 0.5) is 4.39 Å². The third-order valence-corrected chi connectivity index (χ3v) is 7.19. The number of para-hydroxylation sites is 2. The molecule has 1 heterocycles. The second kappa shape index (κ2) is 14.3. The number of rotatable bonds is 14. The fraction of sp³-hybridized carbons (Fsp3) is 0.333. The minimum absolute atomic E-state index is 0.0502. The molecule has 0 radical (unpaired) electrons. The molecular weight excluding hydrogens is 505 g/mol. The Morgan fingerprint density at radius 3 is 2.38 bits per heavy atom. The highest BCUT2D eigenvalue weighted by molar-refractivity contribution is 5.85. The number of unbranched alkanes of at least 4 members (excludes halogenated alkanes) is 2. The predicted octanol–water partition coefficient (Wildman–Crippen LogP) is 6.50. The van der Waals surface area contributed by atoms with Gasteiger partial charge in [0.2, 0.25) is 11.8 Å². The minimum Gasteiger partial charge on any atom is -0.496 e. The van der Waals surface area contributed by atoms with E-state index in [4.69, 9.17) is 4.74 Å². The number of carbonyl (C=O) groups excluding carboxylic acids is 2. The van der Waals surface area contributed by atoms with Crippen LogP contribution in [0.1, 0.15) is 49.3 Å². The van der Waals surface area contributed by atoms with Gasteiger partial charge in [-0.25, -0.2) is 4.39 Å². The molecule has 7 heteroatoms. The summed E-state index contributed by atoms with van der Waals surface area (Å²) >= 11 is 0. The molecule has 0 saturated carbocycles. The van der Waals surface area contributed by atoms with Crippen molar-refractivity contribution in [3.8, 4) is 5.75 Å². The van der Waals surface area contributed by atoms with Gasteiger partial charge < -0.3 is 19.5 Å². The maximum absolute atomic E-state index is 13.9. The van der Waals surface area contributed by atoms with E-state index in [1.165, 1.54) is 12.1 Å². The Morgan fingerprint density at radius 1 is 0.850 bits per heavy atom. The van der Waals surface area contributed by atoms with Gasteiger partial charge in [-0.3, -0.25) is 9.59 Å². The first-order valence-corrected chi connectivity index (χ1v) is 14.0. The van der Waals surface area contributed by atoms with Gasteiger partial charge in [0.1, 0.15) is 18.1 Å². The lowest BCUT2D eigenvalue weighted by molar-refractivity contribution is -0.141. The number of fused-ring (bicyclic) bond motifs is 1. The molecule has 3 aromatic carbocycles. The van der Waals surface area contributed by atoms with Crippen molar-refractivity contribution in [2.24, 2.45) is 0 Å². The number of nitrogens with zero attached hydrogens (tertiary/aromatic N) is 2. The van der Waals surface area contributed by atoms with Crippen LogP contribution in [0.25, 0.3) is 10.9 Å². The summed E-state index contributed by atoms with van der Waals surface area (Å²) in [5, 5.41) is 1.14. The Labute approximate surface area is 235 Å². The summed E-state index contributed by atoms with van der Waals surface area (Å²) in [7, 11) is 1.62. The molecule has 0 unspecified atom stereocenters. The maximum Gasteiger partial charge on any atom is 0.242 e. The van der Waals surface area contributed by atoms with E-state index >= 15 is 0 Å². The van der Waals surface area contributed by atoms with Gasteiger partial charge in [-0.15, -0.1) is 0 Å². The van der Waals surface area contributed by atoms with Crippen molar-refractivity contribution in [2.75, 3.05) is 20.2 Å². The Hall–Kier alpha value is -4.13. The zero-order valence-electron chi connectivity index (χ0n) is 23.4. The van der Waals surface area contributed by atoms with Crippen molar-refractivity contribution >= 4 is 22.7 Å². The third-order valence-electron chi connectivity index (χ3n) is 7.19. The predicted molar refractivity (Wildman–Crippen MR) is 156 cm³/mol. The lowest BCUT2D eigenvalue weighted by atomic mass is 10.1. The van der Waals surface area contributed by atoms with Crippen LogP contribution in [0.3, 0.4) is 0 Å². The van der Waals surface area contributed by atoms with Crippen molar-refractivity contribution in [2.45, 2.75) is 52.1 Å². The molecule has 0 aliphatic rings. The van der Waals surface area contributed by atoms with Crippen LogP contribution in [0.2, 0.25) is 0 Å². The van der Waals surface area contributed by atoms with Gasteiger partial charge in [-0.2, -0.15) is 0 Å². The monoisotopic (exact) mass is 543 g/mol. The second-order valence-corrected chi connectivity index (χ2v) is 10.1. The van der Waals surface area contributed by atoms with E-state index in [1.54, 1.807) is 29.0 Å². The summed E-state index contributed by atoms with van der Waals surface area (Å²) in [4.78, 5) is 33.9. The zero-order chi connectivity index (χ0) is 28.3. The first-order chi connectivity index (χ1) is 19.5. The normalized spacial score (nSPS) is 11.0. The molecule has 0 aliphatic heterocycles. The first-order valence-electron chi connectivity index (χ1n) is 14.0. The number of benzene rings is 3. The van der Waals surface area contributed by atoms with Crippen molar-refractivity contribution in [1.29, 1.82) is 0 Å². The zero-order valence-corrected chi connectivity index (χ0v) is 23.4. The summed E-state index contributed by atoms with van der Waals surface area (Å²) in [5.74, 6) is 0.170. The molecule has 4 rings (SSSR count). The number of aromatic amines is 1. The van der Waals surface area contributed by atoms with Gasteiger partial charge in [0.25, 0.3) is 0 Å². The van der Waals surface area contributed by atoms with Crippen LogP contribution < -0.4 is 4.74 Å². The molecule has 4 aromatic rings. The van der Waals surface area contributed by atoms with E-state index in [9.17, 15) is 14.0 Å². The lowest BCUT2D eigenvalue weighted by Crippen LogP contribution is -2.43. The standard InChI is InChI=1S/C33H38FN3O3/c1-3-4-5-14-32(38)37(22-25-15-17-28(34)18-16-25)24-33(39)36(23-27-10-6-9-13-31(27)40-2)20-19-26-21-35-30-12-8-7-11-29(26)30/h6-13,15-18,21,35H,3-5,14,19-20,22-24H2,1-2H3. The summed E-state index contributed by atoms with van der Waals surface area (Å²) in [5.41, 5.74) is 3.88. The summed E-state index contributed by atoms with van der Waals surface area (Å²) < 4.78 is 19.1. The van der Waals surface area contributed by atoms with E-state index in [2.05, 4.69) is 18.0 Å². The highest BCUT2D eigenvalue weighted by Gasteiger charge is 2.23. The van der Waals surface area contributed by atoms with E-state index in [-0.39, 0.29) is 30.7 Å². The van der Waals surface area contributed by atoms with E-state index in [0.717, 1.165) is 46.9 Å². The smallest absolute Gasteiger partial charge is 0.242 e. The average Bonchev–Trinajstić information content (AvgIpc) is 3.39. The number of hydrogen-bond donors (Lipinski definition) is 1. The lowest BCUT2D eigenvalue weighted by Gasteiger charge is -2.28. The second-order valence-electron chi connectivity index (χ2n) is 10.1. The number of methoxy groups -OCH3 is 1. The molecule has 210 valence electrons. The van der Waals surface area contributed by atoms with Gasteiger partial charge in [0.15, 0.2) is 0 Å². The number of hydrogen-bond acceptors (Lipinski definition) is 3. The molecule has 0 atom stereocenters. The third kappa shape index (κ3) is 7.72. The van der Waals surface area contributed by atoms with Crippen LogP contribution in [0.5, 0.6) is 5.75 Å². The summed E-state index contributed by atoms with van der Waals surface area (Å²) in [6.07, 6.45) is 5.76. The van der Waals surface area contributed by atoms with Crippen molar-refractivity contribution in [3.63, 3.8) is 0 Å². The Bertz CT molecular complexity index is 1400. The SMILES string of the molecule is CCCCCC(=O)N(CC(=O)N(CCc1c[nH]c2ccccc12)Cc1ccccc1OC)Cc1ccc(F)cc1. The topological polar surface area (TPSA) is 65.6 Å².